The van der Waals surface area contributed by atoms with E-state index in [1.165, 1.54) is 11.8 Å². The molecular weight excluding hydrogens is 344 g/mol. The second kappa shape index (κ2) is 7.67. The summed E-state index contributed by atoms with van der Waals surface area (Å²) in [5.74, 6) is -0.219. The number of carbonyl (C=O) groups excluding carboxylic acids is 2. The monoisotopic (exact) mass is 362 g/mol. The Labute approximate surface area is 148 Å². The van der Waals surface area contributed by atoms with E-state index < -0.39 is 0 Å². The van der Waals surface area contributed by atoms with Crippen molar-refractivity contribution in [2.75, 3.05) is 36.8 Å². The first-order valence-corrected chi connectivity index (χ1v) is 9.45. The Hall–Kier alpha value is -2.06. The van der Waals surface area contributed by atoms with Gasteiger partial charge in [-0.05, 0) is 12.1 Å². The Kier molecular flexibility index (Phi) is 5.37. The van der Waals surface area contributed by atoms with Crippen LogP contribution in [0.25, 0.3) is 0 Å². The van der Waals surface area contributed by atoms with Crippen LogP contribution in [0.2, 0.25) is 0 Å². The Balaban J connectivity index is 1.66. The lowest BCUT2D eigenvalue weighted by molar-refractivity contribution is -0.115. The van der Waals surface area contributed by atoms with Gasteiger partial charge in [0.25, 0.3) is 5.91 Å². The number of carbonyl (C=O) groups is 2. The first kappa shape index (κ1) is 16.8. The molecule has 0 saturated carbocycles. The van der Waals surface area contributed by atoms with Crippen LogP contribution in [0, 0.1) is 0 Å². The van der Waals surface area contributed by atoms with Gasteiger partial charge in [-0.25, -0.2) is 4.98 Å². The average molecular weight is 362 g/mol. The summed E-state index contributed by atoms with van der Waals surface area (Å²) in [7, 11) is 0. The molecule has 0 spiro atoms. The van der Waals surface area contributed by atoms with Crippen molar-refractivity contribution in [2.24, 2.45) is 5.73 Å². The van der Waals surface area contributed by atoms with Gasteiger partial charge in [-0.1, -0.05) is 12.1 Å². The van der Waals surface area contributed by atoms with Crippen molar-refractivity contribution in [1.29, 1.82) is 0 Å². The van der Waals surface area contributed by atoms with E-state index in [1.807, 2.05) is 28.5 Å². The molecule has 1 fully saturated rings. The summed E-state index contributed by atoms with van der Waals surface area (Å²) in [4.78, 5) is 33.0. The summed E-state index contributed by atoms with van der Waals surface area (Å²) in [6, 6.07) is 7.36. The van der Waals surface area contributed by atoms with Crippen LogP contribution < -0.4 is 10.6 Å². The quantitative estimate of drug-likeness (QED) is 0.819. The Morgan fingerprint density at radius 1 is 1.21 bits per heavy atom. The molecule has 6 nitrogen and oxygen atoms in total. The van der Waals surface area contributed by atoms with Gasteiger partial charge in [-0.15, -0.1) is 23.1 Å². The molecular formula is C16H18N4O2S2. The van der Waals surface area contributed by atoms with Crippen molar-refractivity contribution >= 4 is 40.0 Å². The molecule has 1 aromatic carbocycles. The largest absolute Gasteiger partial charge is 0.369 e. The van der Waals surface area contributed by atoms with Gasteiger partial charge in [0, 0.05) is 42.7 Å². The number of nitrogens with zero attached hydrogens (tertiary/aromatic N) is 3. The van der Waals surface area contributed by atoms with Crippen LogP contribution in [0.5, 0.6) is 0 Å². The minimum Gasteiger partial charge on any atom is -0.369 e. The summed E-state index contributed by atoms with van der Waals surface area (Å²) in [6.07, 6.45) is 1.80. The highest BCUT2D eigenvalue weighted by Crippen LogP contribution is 2.25. The number of thiazole rings is 1. The van der Waals surface area contributed by atoms with Crippen LogP contribution in [-0.4, -0.2) is 53.6 Å². The molecule has 0 atom stereocenters. The number of hydrogen-bond donors (Lipinski definition) is 1. The molecule has 0 aliphatic carbocycles. The zero-order valence-electron chi connectivity index (χ0n) is 13.1. The molecule has 0 radical (unpaired) electrons. The van der Waals surface area contributed by atoms with Gasteiger partial charge in [0.2, 0.25) is 5.91 Å². The fourth-order valence-electron chi connectivity index (χ4n) is 2.56. The Bertz CT molecular complexity index is 713. The maximum atomic E-state index is 12.8. The van der Waals surface area contributed by atoms with E-state index in [-0.39, 0.29) is 17.6 Å². The molecule has 1 saturated heterocycles. The standard InChI is InChI=1S/C16H18N4O2S2/c17-14(21)11-24-13-4-2-1-3-12(13)15(22)19-6-8-20(9-7-19)16-18-5-10-23-16/h1-5,10H,6-9,11H2,(H2,17,21). The minimum absolute atomic E-state index is 0.00126. The molecule has 126 valence electrons. The lowest BCUT2D eigenvalue weighted by atomic mass is 10.2. The SMILES string of the molecule is NC(=O)CSc1ccccc1C(=O)N1CCN(c2nccs2)CC1. The number of anilines is 1. The molecule has 3 rings (SSSR count). The maximum absolute atomic E-state index is 12.8. The third kappa shape index (κ3) is 3.88. The van der Waals surface area contributed by atoms with Crippen molar-refractivity contribution in [3.8, 4) is 0 Å². The molecule has 2 N–H and O–H groups in total. The number of thioether (sulfide) groups is 1. The molecule has 1 aromatic heterocycles. The lowest BCUT2D eigenvalue weighted by Crippen LogP contribution is -2.48. The van der Waals surface area contributed by atoms with Gasteiger partial charge in [-0.2, -0.15) is 0 Å². The summed E-state index contributed by atoms with van der Waals surface area (Å²) in [5, 5.41) is 2.96. The lowest BCUT2D eigenvalue weighted by Gasteiger charge is -2.34. The molecule has 8 heteroatoms. The Morgan fingerprint density at radius 3 is 2.62 bits per heavy atom. The van der Waals surface area contributed by atoms with Crippen molar-refractivity contribution < 1.29 is 9.59 Å². The molecule has 1 aliphatic heterocycles. The Morgan fingerprint density at radius 2 is 1.96 bits per heavy atom. The third-order valence-corrected chi connectivity index (χ3v) is 5.67. The minimum atomic E-state index is -0.390. The van der Waals surface area contributed by atoms with E-state index in [0.29, 0.717) is 18.7 Å². The molecule has 2 heterocycles. The number of nitrogens with two attached hydrogens (primary N) is 1. The molecule has 0 bridgehead atoms. The van der Waals surface area contributed by atoms with Gasteiger partial charge in [0.05, 0.1) is 11.3 Å². The number of aromatic nitrogens is 1. The van der Waals surface area contributed by atoms with Gasteiger partial charge in [-0.3, -0.25) is 9.59 Å². The number of piperazine rings is 1. The molecule has 2 aromatic rings. The highest BCUT2D eigenvalue weighted by atomic mass is 32.2. The number of amides is 2. The van der Waals surface area contributed by atoms with Crippen molar-refractivity contribution in [2.45, 2.75) is 4.90 Å². The van der Waals surface area contributed by atoms with Gasteiger partial charge >= 0.3 is 0 Å². The van der Waals surface area contributed by atoms with Crippen molar-refractivity contribution in [3.05, 3.63) is 41.4 Å². The fourth-order valence-corrected chi connectivity index (χ4v) is 4.04. The number of primary amides is 1. The van der Waals surface area contributed by atoms with Crippen LogP contribution in [0.4, 0.5) is 5.13 Å². The predicted molar refractivity (Wildman–Crippen MR) is 96.6 cm³/mol. The van der Waals surface area contributed by atoms with Crippen LogP contribution in [-0.2, 0) is 4.79 Å². The third-order valence-electron chi connectivity index (χ3n) is 3.74. The van der Waals surface area contributed by atoms with Crippen molar-refractivity contribution in [1.82, 2.24) is 9.88 Å². The zero-order valence-corrected chi connectivity index (χ0v) is 14.7. The molecule has 24 heavy (non-hydrogen) atoms. The van der Waals surface area contributed by atoms with Gasteiger partial charge < -0.3 is 15.5 Å². The van der Waals surface area contributed by atoms with Crippen LogP contribution in [0.1, 0.15) is 10.4 Å². The van der Waals surface area contributed by atoms with E-state index in [9.17, 15) is 9.59 Å². The van der Waals surface area contributed by atoms with Crippen LogP contribution >= 0.6 is 23.1 Å². The molecule has 2 amide bonds. The van der Waals surface area contributed by atoms with E-state index in [2.05, 4.69) is 9.88 Å². The number of rotatable bonds is 5. The number of benzene rings is 1. The zero-order chi connectivity index (χ0) is 16.9. The van der Waals surface area contributed by atoms with E-state index in [4.69, 9.17) is 5.73 Å². The summed E-state index contributed by atoms with van der Waals surface area (Å²) < 4.78 is 0. The summed E-state index contributed by atoms with van der Waals surface area (Å²) >= 11 is 2.92. The van der Waals surface area contributed by atoms with E-state index in [0.717, 1.165) is 23.1 Å². The summed E-state index contributed by atoms with van der Waals surface area (Å²) in [6.45, 7) is 2.87. The number of hydrogen-bond acceptors (Lipinski definition) is 6. The first-order valence-electron chi connectivity index (χ1n) is 7.59. The highest BCUT2D eigenvalue weighted by molar-refractivity contribution is 8.00. The average Bonchev–Trinajstić information content (AvgIpc) is 3.14. The smallest absolute Gasteiger partial charge is 0.255 e. The summed E-state index contributed by atoms with van der Waals surface area (Å²) in [5.41, 5.74) is 5.84. The highest BCUT2D eigenvalue weighted by Gasteiger charge is 2.24. The molecule has 0 unspecified atom stereocenters. The second-order valence-corrected chi connectivity index (χ2v) is 7.24. The van der Waals surface area contributed by atoms with Crippen molar-refractivity contribution in [3.63, 3.8) is 0 Å². The van der Waals surface area contributed by atoms with Gasteiger partial charge in [0.1, 0.15) is 0 Å². The second-order valence-electron chi connectivity index (χ2n) is 5.35. The van der Waals surface area contributed by atoms with Crippen LogP contribution in [0.3, 0.4) is 0 Å². The van der Waals surface area contributed by atoms with Gasteiger partial charge in [0.15, 0.2) is 5.13 Å². The van der Waals surface area contributed by atoms with E-state index >= 15 is 0 Å². The van der Waals surface area contributed by atoms with E-state index in [1.54, 1.807) is 23.6 Å². The fraction of sp³-hybridized carbons (Fsp3) is 0.312. The topological polar surface area (TPSA) is 79.5 Å². The first-order chi connectivity index (χ1) is 11.6. The molecule has 1 aliphatic rings. The maximum Gasteiger partial charge on any atom is 0.255 e. The van der Waals surface area contributed by atoms with Crippen LogP contribution in [0.15, 0.2) is 40.7 Å². The normalized spacial score (nSPS) is 14.7. The predicted octanol–water partition coefficient (Wildman–Crippen LogP) is 1.68.